The molecule has 0 saturated carbocycles. The van der Waals surface area contributed by atoms with Gasteiger partial charge in [0.15, 0.2) is 0 Å². The zero-order chi connectivity index (χ0) is 23.3. The maximum Gasteiger partial charge on any atom is 0.247 e. The molecule has 8 heteroatoms. The Morgan fingerprint density at radius 2 is 2.03 bits per heavy atom. The molecule has 2 aromatic rings. The maximum absolute atomic E-state index is 13.4. The predicted molar refractivity (Wildman–Crippen MR) is 123 cm³/mol. The van der Waals surface area contributed by atoms with Gasteiger partial charge in [-0.05, 0) is 44.3 Å². The normalized spacial score (nSPS) is 21.2. The highest BCUT2D eigenvalue weighted by Crippen LogP contribution is 2.34. The molecule has 0 spiro atoms. The number of hydrogen-bond donors (Lipinski definition) is 2. The fourth-order valence-electron chi connectivity index (χ4n) is 3.64. The van der Waals surface area contributed by atoms with Gasteiger partial charge in [0.25, 0.3) is 0 Å². The van der Waals surface area contributed by atoms with Crippen molar-refractivity contribution in [1.29, 1.82) is 0 Å². The number of rotatable bonds is 5. The molecule has 1 aliphatic rings. The fraction of sp³-hybridized carbons (Fsp3) is 0.417. The molecule has 0 aliphatic carbocycles. The lowest BCUT2D eigenvalue weighted by atomic mass is 10.0. The number of sulfonamides is 1. The number of likely N-dealkylation sites (N-methyl/N-ethyl adjacent to an activating group) is 1. The van der Waals surface area contributed by atoms with Gasteiger partial charge in [0.2, 0.25) is 10.0 Å². The van der Waals surface area contributed by atoms with Crippen molar-refractivity contribution in [2.45, 2.75) is 30.9 Å². The van der Waals surface area contributed by atoms with E-state index in [-0.39, 0.29) is 35.8 Å². The van der Waals surface area contributed by atoms with Crippen LogP contribution in [0.4, 0.5) is 0 Å². The molecule has 1 aliphatic heterocycles. The SMILES string of the molecule is CNC[C@@H]1Oc2cc(C#Cc3ccccc3OC)ccc2S(=O)(=O)N([C@@H](C)CO)C[C@H]1C. The van der Waals surface area contributed by atoms with E-state index in [2.05, 4.69) is 17.2 Å². The summed E-state index contributed by atoms with van der Waals surface area (Å²) in [5.74, 6) is 7.00. The molecular formula is C24H30N2O5S. The van der Waals surface area contributed by atoms with Crippen molar-refractivity contribution < 1.29 is 23.0 Å². The average molecular weight is 459 g/mol. The molecule has 7 nitrogen and oxygen atoms in total. The van der Waals surface area contributed by atoms with Gasteiger partial charge in [0.1, 0.15) is 22.5 Å². The Kier molecular flexibility index (Phi) is 7.80. The zero-order valence-corrected chi connectivity index (χ0v) is 19.6. The molecule has 0 fully saturated rings. The molecule has 0 saturated heterocycles. The second-order valence-corrected chi connectivity index (χ2v) is 9.77. The largest absolute Gasteiger partial charge is 0.495 e. The molecule has 2 N–H and O–H groups in total. The summed E-state index contributed by atoms with van der Waals surface area (Å²) in [5, 5.41) is 12.8. The minimum Gasteiger partial charge on any atom is -0.495 e. The first-order valence-electron chi connectivity index (χ1n) is 10.5. The summed E-state index contributed by atoms with van der Waals surface area (Å²) in [6, 6.07) is 11.8. The summed E-state index contributed by atoms with van der Waals surface area (Å²) in [6.07, 6.45) is -0.250. The number of hydrogen-bond acceptors (Lipinski definition) is 6. The first-order valence-corrected chi connectivity index (χ1v) is 12.0. The van der Waals surface area contributed by atoms with E-state index in [0.717, 1.165) is 5.56 Å². The molecule has 0 radical (unpaired) electrons. The van der Waals surface area contributed by atoms with Crippen LogP contribution in [0.3, 0.4) is 0 Å². The Bertz CT molecular complexity index is 1110. The van der Waals surface area contributed by atoms with Gasteiger partial charge >= 0.3 is 0 Å². The van der Waals surface area contributed by atoms with Crippen molar-refractivity contribution in [3.05, 3.63) is 53.6 Å². The Morgan fingerprint density at radius 1 is 1.28 bits per heavy atom. The van der Waals surface area contributed by atoms with Crippen LogP contribution in [-0.2, 0) is 10.0 Å². The van der Waals surface area contributed by atoms with Crippen molar-refractivity contribution in [2.24, 2.45) is 5.92 Å². The molecular weight excluding hydrogens is 428 g/mol. The van der Waals surface area contributed by atoms with Crippen molar-refractivity contribution >= 4 is 10.0 Å². The lowest BCUT2D eigenvalue weighted by Gasteiger charge is -2.36. The standard InChI is InChI=1S/C24H30N2O5S/c1-17-15-26(18(2)16-27)32(28,29)24-12-10-19(13-22(24)31-23(17)14-25-3)9-11-20-7-5-6-8-21(20)30-4/h5-8,10,12-13,17-18,23,25,27H,14-16H2,1-4H3/t17-,18+,23+/m1/s1. The second kappa shape index (κ2) is 10.4. The molecule has 172 valence electrons. The average Bonchev–Trinajstić information content (AvgIpc) is 2.79. The number of benzene rings is 2. The van der Waals surface area contributed by atoms with Crippen LogP contribution >= 0.6 is 0 Å². The molecule has 32 heavy (non-hydrogen) atoms. The topological polar surface area (TPSA) is 88.1 Å². The molecule has 0 amide bonds. The molecule has 3 atom stereocenters. The van der Waals surface area contributed by atoms with E-state index in [0.29, 0.717) is 17.9 Å². The van der Waals surface area contributed by atoms with Crippen molar-refractivity contribution in [3.8, 4) is 23.3 Å². The third kappa shape index (κ3) is 5.08. The van der Waals surface area contributed by atoms with Gasteiger partial charge in [-0.2, -0.15) is 4.31 Å². The van der Waals surface area contributed by atoms with Gasteiger partial charge in [0.05, 0.1) is 19.3 Å². The lowest BCUT2D eigenvalue weighted by Crippen LogP contribution is -2.49. The Balaban J connectivity index is 2.08. The van der Waals surface area contributed by atoms with Gasteiger partial charge in [-0.25, -0.2) is 8.42 Å². The van der Waals surface area contributed by atoms with Crippen LogP contribution in [0.15, 0.2) is 47.4 Å². The number of aliphatic hydroxyl groups is 1. The van der Waals surface area contributed by atoms with Gasteiger partial charge < -0.3 is 19.9 Å². The number of nitrogens with one attached hydrogen (secondary N) is 1. The van der Waals surface area contributed by atoms with Gasteiger partial charge in [-0.1, -0.05) is 30.9 Å². The minimum absolute atomic E-state index is 0.0774. The van der Waals surface area contributed by atoms with Crippen LogP contribution in [0, 0.1) is 17.8 Å². The Labute approximate surface area is 190 Å². The summed E-state index contributed by atoms with van der Waals surface area (Å²) >= 11 is 0. The van der Waals surface area contributed by atoms with Crippen molar-refractivity contribution in [3.63, 3.8) is 0 Å². The highest BCUT2D eigenvalue weighted by molar-refractivity contribution is 7.89. The first kappa shape index (κ1) is 24.1. The molecule has 0 bridgehead atoms. The van der Waals surface area contributed by atoms with Crippen LogP contribution in [0.5, 0.6) is 11.5 Å². The van der Waals surface area contributed by atoms with Crippen LogP contribution in [0.1, 0.15) is 25.0 Å². The smallest absolute Gasteiger partial charge is 0.247 e. The number of ether oxygens (including phenoxy) is 2. The van der Waals surface area contributed by atoms with Crippen LogP contribution < -0.4 is 14.8 Å². The highest BCUT2D eigenvalue weighted by Gasteiger charge is 2.37. The van der Waals surface area contributed by atoms with E-state index in [9.17, 15) is 13.5 Å². The summed E-state index contributed by atoms with van der Waals surface area (Å²) in [6.45, 7) is 4.20. The van der Waals surface area contributed by atoms with Gasteiger partial charge in [-0.3, -0.25) is 0 Å². The number of fused-ring (bicyclic) bond motifs is 1. The number of methoxy groups -OCH3 is 1. The first-order chi connectivity index (χ1) is 15.3. The number of para-hydroxylation sites is 1. The summed E-state index contributed by atoms with van der Waals surface area (Å²) in [4.78, 5) is 0.0774. The summed E-state index contributed by atoms with van der Waals surface area (Å²) in [7, 11) is -0.441. The lowest BCUT2D eigenvalue weighted by molar-refractivity contribution is 0.103. The number of aliphatic hydroxyl groups excluding tert-OH is 1. The minimum atomic E-state index is -3.86. The van der Waals surface area contributed by atoms with Crippen molar-refractivity contribution in [2.75, 3.05) is 33.9 Å². The van der Waals surface area contributed by atoms with E-state index in [1.54, 1.807) is 26.2 Å². The third-order valence-electron chi connectivity index (χ3n) is 5.52. The van der Waals surface area contributed by atoms with E-state index >= 15 is 0 Å². The predicted octanol–water partition coefficient (Wildman–Crippen LogP) is 2.08. The van der Waals surface area contributed by atoms with E-state index in [4.69, 9.17) is 9.47 Å². The molecule has 0 aromatic heterocycles. The van der Waals surface area contributed by atoms with Gasteiger partial charge in [-0.15, -0.1) is 0 Å². The molecule has 1 heterocycles. The third-order valence-corrected chi connectivity index (χ3v) is 7.54. The number of nitrogens with zero attached hydrogens (tertiary/aromatic N) is 1. The van der Waals surface area contributed by atoms with E-state index in [1.165, 1.54) is 10.4 Å². The quantitative estimate of drug-likeness (QED) is 0.667. The molecule has 2 aromatic carbocycles. The Morgan fingerprint density at radius 3 is 2.72 bits per heavy atom. The monoisotopic (exact) mass is 458 g/mol. The van der Waals surface area contributed by atoms with Gasteiger partial charge in [0, 0.05) is 30.6 Å². The zero-order valence-electron chi connectivity index (χ0n) is 18.8. The van der Waals surface area contributed by atoms with Crippen LogP contribution in [0.2, 0.25) is 0 Å². The van der Waals surface area contributed by atoms with Crippen molar-refractivity contribution in [1.82, 2.24) is 9.62 Å². The molecule has 0 unspecified atom stereocenters. The van der Waals surface area contributed by atoms with Crippen LogP contribution in [-0.4, -0.2) is 63.8 Å². The second-order valence-electron chi connectivity index (χ2n) is 7.91. The van der Waals surface area contributed by atoms with Crippen LogP contribution in [0.25, 0.3) is 0 Å². The summed E-state index contributed by atoms with van der Waals surface area (Å²) < 4.78 is 39.8. The molecule has 3 rings (SSSR count). The van der Waals surface area contributed by atoms with E-state index < -0.39 is 16.1 Å². The summed E-state index contributed by atoms with van der Waals surface area (Å²) in [5.41, 5.74) is 1.36. The highest BCUT2D eigenvalue weighted by atomic mass is 32.2. The Hall–Kier alpha value is -2.57. The van der Waals surface area contributed by atoms with E-state index in [1.807, 2.05) is 38.2 Å². The maximum atomic E-state index is 13.4. The fourth-order valence-corrected chi connectivity index (χ4v) is 5.46.